The van der Waals surface area contributed by atoms with Gasteiger partial charge >= 0.3 is 6.03 Å². The predicted molar refractivity (Wildman–Crippen MR) is 95.6 cm³/mol. The van der Waals surface area contributed by atoms with E-state index in [1.807, 2.05) is 0 Å². The maximum absolute atomic E-state index is 13.2. The van der Waals surface area contributed by atoms with Gasteiger partial charge in [0.15, 0.2) is 0 Å². The first-order chi connectivity index (χ1) is 12.6. The molecule has 0 saturated carbocycles. The summed E-state index contributed by atoms with van der Waals surface area (Å²) in [6, 6.07) is 5.04. The molecule has 3 aliphatic rings. The van der Waals surface area contributed by atoms with Crippen LogP contribution in [-0.2, 0) is 4.79 Å². The summed E-state index contributed by atoms with van der Waals surface area (Å²) in [4.78, 5) is 26.8. The van der Waals surface area contributed by atoms with Crippen LogP contribution in [0.5, 0.6) is 0 Å². The summed E-state index contributed by atoms with van der Waals surface area (Å²) in [6.07, 6.45) is 7.90. The normalized spacial score (nSPS) is 22.7. The zero-order chi connectivity index (χ0) is 18.1. The molecule has 0 bridgehead atoms. The van der Waals surface area contributed by atoms with Crippen LogP contribution in [-0.4, -0.2) is 29.9 Å². The molecule has 1 aromatic carbocycles. The topological polar surface area (TPSA) is 61.4 Å². The van der Waals surface area contributed by atoms with Crippen LogP contribution in [0.25, 0.3) is 0 Å². The Labute approximate surface area is 151 Å². The maximum Gasteiger partial charge on any atom is 0.319 e. The molecule has 6 heteroatoms. The van der Waals surface area contributed by atoms with Crippen LogP contribution in [0, 0.1) is 5.82 Å². The molecule has 1 aliphatic carbocycles. The molecule has 2 N–H and O–H groups in total. The van der Waals surface area contributed by atoms with E-state index in [2.05, 4.69) is 16.7 Å². The fourth-order valence-corrected chi connectivity index (χ4v) is 3.92. The summed E-state index contributed by atoms with van der Waals surface area (Å²) in [7, 11) is 0. The van der Waals surface area contributed by atoms with E-state index in [4.69, 9.17) is 0 Å². The molecule has 0 fully saturated rings. The van der Waals surface area contributed by atoms with Crippen LogP contribution in [0.1, 0.15) is 43.7 Å². The molecule has 0 saturated heterocycles. The van der Waals surface area contributed by atoms with E-state index < -0.39 is 6.04 Å². The van der Waals surface area contributed by atoms with E-state index in [-0.39, 0.29) is 17.8 Å². The second-order valence-electron chi connectivity index (χ2n) is 7.06. The van der Waals surface area contributed by atoms with Crippen molar-refractivity contribution < 1.29 is 14.0 Å². The highest BCUT2D eigenvalue weighted by molar-refractivity contribution is 6.01. The highest BCUT2D eigenvalue weighted by Gasteiger charge is 2.40. The molecule has 1 aromatic rings. The van der Waals surface area contributed by atoms with Crippen molar-refractivity contribution in [1.29, 1.82) is 0 Å². The van der Waals surface area contributed by atoms with E-state index in [9.17, 15) is 14.0 Å². The standard InChI is InChI=1S/C20H22FN3O2/c21-15-8-6-14(7-9-15)18-17-16(22-20(26)23-18)12-24(19(17)25)11-10-13-4-2-1-3-5-13/h4,6-9,18H,1-3,5,10-12H2,(H2,22,23,26)/t18-/m0/s1. The second kappa shape index (κ2) is 6.94. The fraction of sp³-hybridized carbons (Fsp3) is 0.400. The van der Waals surface area contributed by atoms with Crippen LogP contribution in [0.2, 0.25) is 0 Å². The number of halogens is 1. The zero-order valence-corrected chi connectivity index (χ0v) is 14.6. The highest BCUT2D eigenvalue weighted by Crippen LogP contribution is 2.33. The number of nitrogens with zero attached hydrogens (tertiary/aromatic N) is 1. The molecule has 5 nitrogen and oxygen atoms in total. The molecular formula is C20H22FN3O2. The average Bonchev–Trinajstić information content (AvgIpc) is 2.96. The smallest absolute Gasteiger partial charge is 0.319 e. The second-order valence-corrected chi connectivity index (χ2v) is 7.06. The summed E-state index contributed by atoms with van der Waals surface area (Å²) in [6.45, 7) is 1.08. The van der Waals surface area contributed by atoms with E-state index in [1.54, 1.807) is 17.0 Å². The van der Waals surface area contributed by atoms with Crippen molar-refractivity contribution in [3.63, 3.8) is 0 Å². The van der Waals surface area contributed by atoms with Gasteiger partial charge in [0, 0.05) is 6.54 Å². The third-order valence-corrected chi connectivity index (χ3v) is 5.31. The van der Waals surface area contributed by atoms with Gasteiger partial charge in [-0.2, -0.15) is 0 Å². The molecule has 0 aromatic heterocycles. The van der Waals surface area contributed by atoms with Gasteiger partial charge in [-0.3, -0.25) is 4.79 Å². The number of nitrogens with one attached hydrogen (secondary N) is 2. The lowest BCUT2D eigenvalue weighted by Gasteiger charge is -2.25. The van der Waals surface area contributed by atoms with E-state index in [1.165, 1.54) is 30.5 Å². The molecule has 3 amide bonds. The Hall–Kier alpha value is -2.63. The van der Waals surface area contributed by atoms with Gasteiger partial charge in [-0.1, -0.05) is 23.8 Å². The van der Waals surface area contributed by atoms with Gasteiger partial charge < -0.3 is 15.5 Å². The molecule has 2 aliphatic heterocycles. The van der Waals surface area contributed by atoms with Gasteiger partial charge in [-0.05, 0) is 49.8 Å². The SMILES string of the molecule is O=C1NC2=C(C(=O)N(CCC3=CCCCC3)C2)[C@H](c2ccc(F)cc2)N1. The number of amides is 3. The lowest BCUT2D eigenvalue weighted by Crippen LogP contribution is -2.44. The summed E-state index contributed by atoms with van der Waals surface area (Å²) in [5.41, 5.74) is 3.35. The van der Waals surface area contributed by atoms with Crippen molar-refractivity contribution in [3.8, 4) is 0 Å². The fourth-order valence-electron chi connectivity index (χ4n) is 3.92. The first-order valence-corrected chi connectivity index (χ1v) is 9.15. The zero-order valence-electron chi connectivity index (χ0n) is 14.6. The highest BCUT2D eigenvalue weighted by atomic mass is 19.1. The Bertz CT molecular complexity index is 798. The van der Waals surface area contributed by atoms with Crippen LogP contribution in [0.15, 0.2) is 47.2 Å². The van der Waals surface area contributed by atoms with Gasteiger partial charge in [0.25, 0.3) is 5.91 Å². The maximum atomic E-state index is 13.2. The first-order valence-electron chi connectivity index (χ1n) is 9.15. The summed E-state index contributed by atoms with van der Waals surface area (Å²) >= 11 is 0. The summed E-state index contributed by atoms with van der Waals surface area (Å²) in [5.74, 6) is -0.401. The monoisotopic (exact) mass is 355 g/mol. The molecule has 2 heterocycles. The van der Waals surface area contributed by atoms with E-state index in [0.29, 0.717) is 29.9 Å². The number of benzene rings is 1. The first kappa shape index (κ1) is 16.8. The van der Waals surface area contributed by atoms with E-state index >= 15 is 0 Å². The molecule has 1 atom stereocenters. The lowest BCUT2D eigenvalue weighted by molar-refractivity contribution is -0.125. The van der Waals surface area contributed by atoms with Crippen molar-refractivity contribution in [2.75, 3.05) is 13.1 Å². The third-order valence-electron chi connectivity index (χ3n) is 5.31. The van der Waals surface area contributed by atoms with Gasteiger partial charge in [0.2, 0.25) is 0 Å². The van der Waals surface area contributed by atoms with Gasteiger partial charge in [-0.25, -0.2) is 9.18 Å². The van der Waals surface area contributed by atoms with Crippen LogP contribution in [0.3, 0.4) is 0 Å². The number of carbonyl (C=O) groups is 2. The van der Waals surface area contributed by atoms with Crippen molar-refractivity contribution in [2.45, 2.75) is 38.1 Å². The van der Waals surface area contributed by atoms with Crippen LogP contribution < -0.4 is 10.6 Å². The Morgan fingerprint density at radius 1 is 1.15 bits per heavy atom. The van der Waals surface area contributed by atoms with Crippen molar-refractivity contribution >= 4 is 11.9 Å². The van der Waals surface area contributed by atoms with Gasteiger partial charge in [0.1, 0.15) is 5.82 Å². The largest absolute Gasteiger partial charge is 0.333 e. The number of hydrogen-bond acceptors (Lipinski definition) is 2. The predicted octanol–water partition coefficient (Wildman–Crippen LogP) is 3.17. The molecule has 0 spiro atoms. The van der Waals surface area contributed by atoms with Gasteiger partial charge in [-0.15, -0.1) is 0 Å². The quantitative estimate of drug-likeness (QED) is 0.815. The van der Waals surface area contributed by atoms with E-state index in [0.717, 1.165) is 19.3 Å². The number of allylic oxidation sites excluding steroid dienone is 1. The van der Waals surface area contributed by atoms with Crippen LogP contribution in [0.4, 0.5) is 9.18 Å². The number of rotatable bonds is 4. The minimum Gasteiger partial charge on any atom is -0.333 e. The molecule has 136 valence electrons. The number of urea groups is 1. The van der Waals surface area contributed by atoms with Crippen molar-refractivity contribution in [2.24, 2.45) is 0 Å². The lowest BCUT2D eigenvalue weighted by atomic mass is 9.96. The average molecular weight is 355 g/mol. The molecule has 0 unspecified atom stereocenters. The Morgan fingerprint density at radius 2 is 1.96 bits per heavy atom. The van der Waals surface area contributed by atoms with Crippen molar-refractivity contribution in [3.05, 3.63) is 58.6 Å². The molecular weight excluding hydrogens is 333 g/mol. The number of hydrogen-bond donors (Lipinski definition) is 2. The third kappa shape index (κ3) is 3.23. The summed E-state index contributed by atoms with van der Waals surface area (Å²) < 4.78 is 13.2. The Kier molecular flexibility index (Phi) is 4.49. The minimum atomic E-state index is -0.536. The Morgan fingerprint density at radius 3 is 2.69 bits per heavy atom. The molecule has 26 heavy (non-hydrogen) atoms. The Balaban J connectivity index is 1.52. The summed E-state index contributed by atoms with van der Waals surface area (Å²) in [5, 5.41) is 5.56. The minimum absolute atomic E-state index is 0.0572. The molecule has 0 radical (unpaired) electrons. The number of carbonyl (C=O) groups excluding carboxylic acids is 2. The molecule has 4 rings (SSSR count). The van der Waals surface area contributed by atoms with Crippen molar-refractivity contribution in [1.82, 2.24) is 15.5 Å². The van der Waals surface area contributed by atoms with Gasteiger partial charge in [0.05, 0.1) is 23.9 Å². The van der Waals surface area contributed by atoms with Crippen LogP contribution >= 0.6 is 0 Å².